The monoisotopic (exact) mass is 357 g/mol. The topological polar surface area (TPSA) is 46.8 Å². The lowest BCUT2D eigenvalue weighted by molar-refractivity contribution is -0.117. The summed E-state index contributed by atoms with van der Waals surface area (Å²) in [7, 11) is 1.35. The number of anilines is 1. The summed E-state index contributed by atoms with van der Waals surface area (Å²) in [4.78, 5) is 18.5. The summed E-state index contributed by atoms with van der Waals surface area (Å²) in [5.74, 6) is -2.03. The third kappa shape index (κ3) is 2.60. The Morgan fingerprint density at radius 1 is 1.23 bits per heavy atom. The van der Waals surface area contributed by atoms with Crippen LogP contribution in [0.3, 0.4) is 0 Å². The van der Waals surface area contributed by atoms with Crippen LogP contribution in [0.1, 0.15) is 23.5 Å². The summed E-state index contributed by atoms with van der Waals surface area (Å²) in [5.41, 5.74) is 2.18. The highest BCUT2D eigenvalue weighted by atomic mass is 19.1. The van der Waals surface area contributed by atoms with Crippen molar-refractivity contribution in [3.63, 3.8) is 0 Å². The number of fused-ring (bicyclic) bond motifs is 1. The molecule has 0 saturated carbocycles. The van der Waals surface area contributed by atoms with Crippen LogP contribution in [0.15, 0.2) is 36.8 Å². The number of imidazole rings is 1. The first-order valence-corrected chi connectivity index (χ1v) is 8.24. The van der Waals surface area contributed by atoms with E-state index in [1.807, 2.05) is 23.6 Å². The highest BCUT2D eigenvalue weighted by Gasteiger charge is 2.36. The molecule has 0 spiro atoms. The maximum atomic E-state index is 14.4. The standard InChI is InChI=1S/C19H17F2N3O2/c1-11-5-16(19-22-3-4-23(19)9-11)24-10-12(6-17(24)25)18-14(20)7-13(26-2)8-15(18)21/h3-5,7-9,12H,6,10H2,1-2H3/t12-/m0/s1. The van der Waals surface area contributed by atoms with Crippen molar-refractivity contribution in [1.29, 1.82) is 0 Å². The number of pyridine rings is 1. The quantitative estimate of drug-likeness (QED) is 0.721. The Hall–Kier alpha value is -2.96. The molecule has 1 aromatic carbocycles. The van der Waals surface area contributed by atoms with Gasteiger partial charge in [0.2, 0.25) is 5.91 Å². The second-order valence-corrected chi connectivity index (χ2v) is 6.47. The van der Waals surface area contributed by atoms with Gasteiger partial charge >= 0.3 is 0 Å². The highest BCUT2D eigenvalue weighted by molar-refractivity contribution is 5.99. The predicted molar refractivity (Wildman–Crippen MR) is 92.6 cm³/mol. The summed E-state index contributed by atoms with van der Waals surface area (Å²) in [6, 6.07) is 4.15. The van der Waals surface area contributed by atoms with Crippen molar-refractivity contribution in [1.82, 2.24) is 9.38 Å². The number of aromatic nitrogens is 2. The third-order valence-corrected chi connectivity index (χ3v) is 4.72. The molecule has 1 fully saturated rings. The fourth-order valence-corrected chi connectivity index (χ4v) is 3.55. The number of benzene rings is 1. The Balaban J connectivity index is 1.73. The lowest BCUT2D eigenvalue weighted by atomic mass is 9.97. The number of aryl methyl sites for hydroxylation is 1. The van der Waals surface area contributed by atoms with Gasteiger partial charge in [-0.05, 0) is 18.6 Å². The van der Waals surface area contributed by atoms with Crippen molar-refractivity contribution >= 4 is 17.2 Å². The molecule has 0 unspecified atom stereocenters. The Morgan fingerprint density at radius 2 is 1.96 bits per heavy atom. The van der Waals surface area contributed by atoms with Crippen LogP contribution in [0.25, 0.3) is 5.65 Å². The van der Waals surface area contributed by atoms with Crippen LogP contribution in [0.2, 0.25) is 0 Å². The maximum absolute atomic E-state index is 14.4. The van der Waals surface area contributed by atoms with E-state index in [0.29, 0.717) is 11.3 Å². The third-order valence-electron chi connectivity index (χ3n) is 4.72. The highest BCUT2D eigenvalue weighted by Crippen LogP contribution is 2.37. The van der Waals surface area contributed by atoms with Crippen molar-refractivity contribution in [3.05, 3.63) is 59.6 Å². The summed E-state index contributed by atoms with van der Waals surface area (Å²) < 4.78 is 35.5. The molecule has 26 heavy (non-hydrogen) atoms. The second-order valence-electron chi connectivity index (χ2n) is 6.47. The first kappa shape index (κ1) is 16.5. The molecule has 4 rings (SSSR count). The Kier molecular flexibility index (Phi) is 3.86. The normalized spacial score (nSPS) is 17.3. The average Bonchev–Trinajstić information content (AvgIpc) is 3.20. The van der Waals surface area contributed by atoms with Gasteiger partial charge in [-0.3, -0.25) is 4.79 Å². The van der Waals surface area contributed by atoms with E-state index in [1.165, 1.54) is 7.11 Å². The molecule has 0 aliphatic carbocycles. The minimum absolute atomic E-state index is 0.0426. The van der Waals surface area contributed by atoms with Gasteiger partial charge in [0.05, 0.1) is 12.8 Å². The minimum atomic E-state index is -0.697. The first-order valence-electron chi connectivity index (χ1n) is 8.24. The molecule has 1 amide bonds. The molecule has 3 heterocycles. The SMILES string of the molecule is COc1cc(F)c([C@H]2CC(=O)N(c3cc(C)cn4ccnc34)C2)c(F)c1. The van der Waals surface area contributed by atoms with Gasteiger partial charge in [0.1, 0.15) is 17.4 Å². The van der Waals surface area contributed by atoms with Gasteiger partial charge in [0.25, 0.3) is 0 Å². The lowest BCUT2D eigenvalue weighted by Gasteiger charge is -2.19. The lowest BCUT2D eigenvalue weighted by Crippen LogP contribution is -2.25. The zero-order valence-electron chi connectivity index (χ0n) is 14.4. The van der Waals surface area contributed by atoms with Gasteiger partial charge in [-0.25, -0.2) is 13.8 Å². The molecule has 3 aromatic rings. The van der Waals surface area contributed by atoms with E-state index in [2.05, 4.69) is 4.98 Å². The van der Waals surface area contributed by atoms with Crippen LogP contribution in [-0.4, -0.2) is 28.9 Å². The molecule has 0 bridgehead atoms. The number of nitrogens with zero attached hydrogens (tertiary/aromatic N) is 3. The van der Waals surface area contributed by atoms with E-state index in [0.717, 1.165) is 17.7 Å². The van der Waals surface area contributed by atoms with Crippen LogP contribution in [0, 0.1) is 18.6 Å². The Labute approximate surface area is 148 Å². The summed E-state index contributed by atoms with van der Waals surface area (Å²) in [6.07, 6.45) is 5.40. The van der Waals surface area contributed by atoms with Crippen molar-refractivity contribution in [2.45, 2.75) is 19.3 Å². The maximum Gasteiger partial charge on any atom is 0.227 e. The molecule has 134 valence electrons. The second kappa shape index (κ2) is 6.09. The van der Waals surface area contributed by atoms with E-state index < -0.39 is 17.6 Å². The number of ether oxygens (including phenoxy) is 1. The largest absolute Gasteiger partial charge is 0.497 e. The smallest absolute Gasteiger partial charge is 0.227 e. The summed E-state index contributed by atoms with van der Waals surface area (Å²) >= 11 is 0. The van der Waals surface area contributed by atoms with Gasteiger partial charge in [-0.15, -0.1) is 0 Å². The van der Waals surface area contributed by atoms with Gasteiger partial charge < -0.3 is 14.0 Å². The van der Waals surface area contributed by atoms with Gasteiger partial charge in [-0.2, -0.15) is 0 Å². The van der Waals surface area contributed by atoms with Crippen LogP contribution in [0.5, 0.6) is 5.75 Å². The van der Waals surface area contributed by atoms with E-state index in [4.69, 9.17) is 4.74 Å². The summed E-state index contributed by atoms with van der Waals surface area (Å²) in [6.45, 7) is 2.12. The number of halogens is 2. The molecule has 1 atom stereocenters. The van der Waals surface area contributed by atoms with Crippen molar-refractivity contribution in [2.75, 3.05) is 18.6 Å². The number of carbonyl (C=O) groups excluding carboxylic acids is 1. The van der Waals surface area contributed by atoms with Crippen molar-refractivity contribution in [2.24, 2.45) is 0 Å². The van der Waals surface area contributed by atoms with Crippen LogP contribution >= 0.6 is 0 Å². The minimum Gasteiger partial charge on any atom is -0.497 e. The van der Waals surface area contributed by atoms with Crippen molar-refractivity contribution in [3.8, 4) is 5.75 Å². The van der Waals surface area contributed by atoms with Gasteiger partial charge in [-0.1, -0.05) is 0 Å². The molecular formula is C19H17F2N3O2. The Morgan fingerprint density at radius 3 is 2.65 bits per heavy atom. The number of carbonyl (C=O) groups is 1. The molecule has 0 radical (unpaired) electrons. The number of methoxy groups -OCH3 is 1. The van der Waals surface area contributed by atoms with E-state index in [1.54, 1.807) is 17.3 Å². The fraction of sp³-hybridized carbons (Fsp3) is 0.263. The van der Waals surface area contributed by atoms with E-state index >= 15 is 0 Å². The fourth-order valence-electron chi connectivity index (χ4n) is 3.55. The molecule has 1 aliphatic rings. The average molecular weight is 357 g/mol. The molecule has 1 aliphatic heterocycles. The molecular weight excluding hydrogens is 340 g/mol. The number of hydrogen-bond acceptors (Lipinski definition) is 3. The number of rotatable bonds is 3. The van der Waals surface area contributed by atoms with Gasteiger partial charge in [0.15, 0.2) is 5.65 Å². The molecule has 7 heteroatoms. The van der Waals surface area contributed by atoms with Crippen LogP contribution < -0.4 is 9.64 Å². The van der Waals surface area contributed by atoms with E-state index in [9.17, 15) is 13.6 Å². The molecule has 1 saturated heterocycles. The number of amides is 1. The van der Waals surface area contributed by atoms with Crippen molar-refractivity contribution < 1.29 is 18.3 Å². The molecule has 2 aromatic heterocycles. The molecule has 0 N–H and O–H groups in total. The van der Waals surface area contributed by atoms with Gasteiger partial charge in [0, 0.05) is 55.2 Å². The number of hydrogen-bond donors (Lipinski definition) is 0. The predicted octanol–water partition coefficient (Wildman–Crippen LogP) is 3.45. The van der Waals surface area contributed by atoms with Crippen LogP contribution in [0.4, 0.5) is 14.5 Å². The zero-order chi connectivity index (χ0) is 18.4. The van der Waals surface area contributed by atoms with E-state index in [-0.39, 0.29) is 30.2 Å². The zero-order valence-corrected chi connectivity index (χ0v) is 14.4. The first-order chi connectivity index (χ1) is 12.5. The van der Waals surface area contributed by atoms with Crippen LogP contribution in [-0.2, 0) is 4.79 Å². The summed E-state index contributed by atoms with van der Waals surface area (Å²) in [5, 5.41) is 0. The molecule has 5 nitrogen and oxygen atoms in total. The Bertz CT molecular complexity index is 992.